The first kappa shape index (κ1) is 13.8. The molecule has 1 aliphatic carbocycles. The third-order valence-electron chi connectivity index (χ3n) is 4.18. The summed E-state index contributed by atoms with van der Waals surface area (Å²) >= 11 is 1.60. The molecule has 0 aromatic heterocycles. The zero-order chi connectivity index (χ0) is 13.9. The molecule has 5 heteroatoms. The van der Waals surface area contributed by atoms with Gasteiger partial charge in [0.05, 0.1) is 11.4 Å². The van der Waals surface area contributed by atoms with Crippen molar-refractivity contribution in [3.8, 4) is 0 Å². The monoisotopic (exact) mass is 291 g/mol. The van der Waals surface area contributed by atoms with Crippen molar-refractivity contribution in [1.29, 1.82) is 0 Å². The van der Waals surface area contributed by atoms with E-state index in [1.54, 1.807) is 11.8 Å². The lowest BCUT2D eigenvalue weighted by Crippen LogP contribution is -2.36. The van der Waals surface area contributed by atoms with Crippen molar-refractivity contribution in [3.05, 3.63) is 18.2 Å². The summed E-state index contributed by atoms with van der Waals surface area (Å²) in [5.74, 6) is 1.15. The van der Waals surface area contributed by atoms with Gasteiger partial charge >= 0.3 is 0 Å². The lowest BCUT2D eigenvalue weighted by atomic mass is 9.84. The SMILES string of the molecule is NCC1CCCCC1Nc1ccc2c(c1)NC(=O)CS2. The van der Waals surface area contributed by atoms with Crippen LogP contribution in [0.5, 0.6) is 0 Å². The van der Waals surface area contributed by atoms with E-state index in [1.165, 1.54) is 25.7 Å². The van der Waals surface area contributed by atoms with E-state index >= 15 is 0 Å². The molecule has 1 fully saturated rings. The molecule has 1 aromatic rings. The minimum atomic E-state index is 0.0807. The van der Waals surface area contributed by atoms with Crippen LogP contribution >= 0.6 is 11.8 Å². The highest BCUT2D eigenvalue weighted by atomic mass is 32.2. The maximum atomic E-state index is 11.5. The normalized spacial score (nSPS) is 25.8. The van der Waals surface area contributed by atoms with Crippen LogP contribution in [0.4, 0.5) is 11.4 Å². The molecule has 1 aliphatic heterocycles. The van der Waals surface area contributed by atoms with Gasteiger partial charge in [-0.15, -0.1) is 11.8 Å². The molecule has 1 saturated carbocycles. The molecule has 0 radical (unpaired) electrons. The predicted molar refractivity (Wildman–Crippen MR) is 84.2 cm³/mol. The van der Waals surface area contributed by atoms with E-state index in [0.29, 0.717) is 17.7 Å². The molecule has 1 amide bonds. The lowest BCUT2D eigenvalue weighted by molar-refractivity contribution is -0.113. The highest BCUT2D eigenvalue weighted by Crippen LogP contribution is 2.34. The van der Waals surface area contributed by atoms with Crippen molar-refractivity contribution >= 4 is 29.0 Å². The quantitative estimate of drug-likeness (QED) is 0.801. The van der Waals surface area contributed by atoms with Crippen LogP contribution in [0.2, 0.25) is 0 Å². The highest BCUT2D eigenvalue weighted by molar-refractivity contribution is 8.00. The van der Waals surface area contributed by atoms with Gasteiger partial charge in [0, 0.05) is 16.6 Å². The number of fused-ring (bicyclic) bond motifs is 1. The molecule has 0 saturated heterocycles. The van der Waals surface area contributed by atoms with Crippen LogP contribution in [-0.2, 0) is 4.79 Å². The molecule has 2 unspecified atom stereocenters. The number of amides is 1. The number of thioether (sulfide) groups is 1. The molecule has 1 heterocycles. The molecule has 3 rings (SSSR count). The van der Waals surface area contributed by atoms with Crippen molar-refractivity contribution in [2.75, 3.05) is 22.9 Å². The topological polar surface area (TPSA) is 67.2 Å². The van der Waals surface area contributed by atoms with E-state index in [1.807, 2.05) is 6.07 Å². The van der Waals surface area contributed by atoms with Gasteiger partial charge in [-0.1, -0.05) is 12.8 Å². The lowest BCUT2D eigenvalue weighted by Gasteiger charge is -2.32. The fraction of sp³-hybridized carbons (Fsp3) is 0.533. The third kappa shape index (κ3) is 2.94. The summed E-state index contributed by atoms with van der Waals surface area (Å²) < 4.78 is 0. The summed E-state index contributed by atoms with van der Waals surface area (Å²) in [7, 11) is 0. The Bertz CT molecular complexity index is 506. The van der Waals surface area contributed by atoms with Gasteiger partial charge in [-0.3, -0.25) is 4.79 Å². The second kappa shape index (κ2) is 6.06. The van der Waals surface area contributed by atoms with Crippen LogP contribution in [-0.4, -0.2) is 24.2 Å². The Morgan fingerprint density at radius 3 is 3.05 bits per heavy atom. The Morgan fingerprint density at radius 1 is 1.35 bits per heavy atom. The molecular weight excluding hydrogens is 270 g/mol. The number of nitrogens with one attached hydrogen (secondary N) is 2. The summed E-state index contributed by atoms with van der Waals surface area (Å²) in [4.78, 5) is 12.6. The van der Waals surface area contributed by atoms with Gasteiger partial charge in [0.2, 0.25) is 5.91 Å². The van der Waals surface area contributed by atoms with E-state index in [2.05, 4.69) is 22.8 Å². The van der Waals surface area contributed by atoms with Crippen molar-refractivity contribution < 1.29 is 4.79 Å². The second-order valence-electron chi connectivity index (χ2n) is 5.58. The number of hydrogen-bond acceptors (Lipinski definition) is 4. The van der Waals surface area contributed by atoms with E-state index in [0.717, 1.165) is 22.8 Å². The van der Waals surface area contributed by atoms with Gasteiger partial charge in [0.1, 0.15) is 0 Å². The molecule has 108 valence electrons. The Balaban J connectivity index is 1.74. The average Bonchev–Trinajstić information content (AvgIpc) is 2.47. The van der Waals surface area contributed by atoms with Crippen molar-refractivity contribution in [1.82, 2.24) is 0 Å². The van der Waals surface area contributed by atoms with Gasteiger partial charge in [0.15, 0.2) is 0 Å². The molecule has 4 nitrogen and oxygen atoms in total. The molecule has 2 atom stereocenters. The van der Waals surface area contributed by atoms with Gasteiger partial charge < -0.3 is 16.4 Å². The summed E-state index contributed by atoms with van der Waals surface area (Å²) in [6.07, 6.45) is 4.95. The van der Waals surface area contributed by atoms with Crippen LogP contribution in [0.15, 0.2) is 23.1 Å². The molecular formula is C15H21N3OS. The Hall–Kier alpha value is -1.20. The molecule has 4 N–H and O–H groups in total. The number of carbonyl (C=O) groups excluding carboxylic acids is 1. The van der Waals surface area contributed by atoms with E-state index in [-0.39, 0.29) is 5.91 Å². The Labute approximate surface area is 123 Å². The summed E-state index contributed by atoms with van der Waals surface area (Å²) in [6, 6.07) is 6.69. The average molecular weight is 291 g/mol. The number of benzene rings is 1. The molecule has 20 heavy (non-hydrogen) atoms. The number of hydrogen-bond donors (Lipinski definition) is 3. The van der Waals surface area contributed by atoms with Crippen LogP contribution in [0.3, 0.4) is 0 Å². The fourth-order valence-electron chi connectivity index (χ4n) is 3.07. The number of anilines is 2. The highest BCUT2D eigenvalue weighted by Gasteiger charge is 2.24. The van der Waals surface area contributed by atoms with Gasteiger partial charge in [-0.25, -0.2) is 0 Å². The third-order valence-corrected chi connectivity index (χ3v) is 5.25. The van der Waals surface area contributed by atoms with Crippen molar-refractivity contribution in [3.63, 3.8) is 0 Å². The Morgan fingerprint density at radius 2 is 2.20 bits per heavy atom. The van der Waals surface area contributed by atoms with E-state index in [9.17, 15) is 4.79 Å². The first-order chi connectivity index (χ1) is 9.76. The molecule has 2 aliphatic rings. The maximum Gasteiger partial charge on any atom is 0.234 e. The van der Waals surface area contributed by atoms with Gasteiger partial charge in [-0.2, -0.15) is 0 Å². The van der Waals surface area contributed by atoms with Crippen LogP contribution in [0, 0.1) is 5.92 Å². The zero-order valence-electron chi connectivity index (χ0n) is 11.5. The van der Waals surface area contributed by atoms with Crippen molar-refractivity contribution in [2.24, 2.45) is 11.7 Å². The minimum absolute atomic E-state index is 0.0807. The maximum absolute atomic E-state index is 11.5. The molecule has 1 aromatic carbocycles. The van der Waals surface area contributed by atoms with Crippen LogP contribution in [0.1, 0.15) is 25.7 Å². The van der Waals surface area contributed by atoms with Crippen LogP contribution < -0.4 is 16.4 Å². The fourth-order valence-corrected chi connectivity index (χ4v) is 3.86. The number of rotatable bonds is 3. The number of nitrogens with two attached hydrogens (primary N) is 1. The zero-order valence-corrected chi connectivity index (χ0v) is 12.3. The van der Waals surface area contributed by atoms with Crippen LogP contribution in [0.25, 0.3) is 0 Å². The smallest absolute Gasteiger partial charge is 0.234 e. The van der Waals surface area contributed by atoms with Gasteiger partial charge in [-0.05, 0) is 43.5 Å². The first-order valence-corrected chi connectivity index (χ1v) is 8.28. The Kier molecular flexibility index (Phi) is 4.17. The standard InChI is InChI=1S/C15H21N3OS/c16-8-10-3-1-2-4-12(10)17-11-5-6-14-13(7-11)18-15(19)9-20-14/h5-7,10,12,17H,1-4,8-9,16H2,(H,18,19). The molecule has 0 spiro atoms. The minimum Gasteiger partial charge on any atom is -0.382 e. The number of carbonyl (C=O) groups is 1. The summed E-state index contributed by atoms with van der Waals surface area (Å²) in [6.45, 7) is 0.745. The predicted octanol–water partition coefficient (Wildman–Crippen LogP) is 2.66. The first-order valence-electron chi connectivity index (χ1n) is 7.29. The largest absolute Gasteiger partial charge is 0.382 e. The second-order valence-corrected chi connectivity index (χ2v) is 6.60. The molecule has 0 bridgehead atoms. The summed E-state index contributed by atoms with van der Waals surface area (Å²) in [5.41, 5.74) is 7.88. The van der Waals surface area contributed by atoms with E-state index < -0.39 is 0 Å². The van der Waals surface area contributed by atoms with Crippen molar-refractivity contribution in [2.45, 2.75) is 36.6 Å². The summed E-state index contributed by atoms with van der Waals surface area (Å²) in [5, 5.41) is 6.54. The van der Waals surface area contributed by atoms with E-state index in [4.69, 9.17) is 5.73 Å². The van der Waals surface area contributed by atoms with Gasteiger partial charge in [0.25, 0.3) is 0 Å².